The van der Waals surface area contributed by atoms with Crippen LogP contribution >= 0.6 is 0 Å². The van der Waals surface area contributed by atoms with Crippen LogP contribution in [0.15, 0.2) is 47.9 Å². The maximum Gasteiger partial charge on any atom is 0.127 e. The molecular formula is C12H12O3. The van der Waals surface area contributed by atoms with Crippen LogP contribution in [0.25, 0.3) is 0 Å². The molecule has 0 saturated carbocycles. The molecule has 3 nitrogen and oxygen atoms in total. The van der Waals surface area contributed by atoms with E-state index in [0.717, 1.165) is 5.76 Å². The molecule has 0 fully saturated rings. The molecule has 0 aliphatic heterocycles. The molecule has 15 heavy (non-hydrogen) atoms. The topological polar surface area (TPSA) is 49.7 Å². The van der Waals surface area contributed by atoms with Gasteiger partial charge in [-0.3, -0.25) is 0 Å². The number of aliphatic hydroxyl groups excluding tert-OH is 1. The molecular weight excluding hydrogens is 192 g/mol. The number of phenolic OH excluding ortho intramolecular Hbond substituents is 1. The van der Waals surface area contributed by atoms with E-state index in [1.807, 2.05) is 0 Å². The first-order valence-electron chi connectivity index (χ1n) is 4.79. The van der Waals surface area contributed by atoms with Gasteiger partial charge in [-0.25, -0.2) is 0 Å². The average molecular weight is 204 g/mol. The summed E-state index contributed by atoms with van der Waals surface area (Å²) >= 11 is 0. The van der Waals surface area contributed by atoms with Gasteiger partial charge >= 0.3 is 0 Å². The van der Waals surface area contributed by atoms with Gasteiger partial charge in [-0.15, -0.1) is 0 Å². The van der Waals surface area contributed by atoms with Gasteiger partial charge in [-0.2, -0.15) is 0 Å². The Morgan fingerprint density at radius 2 is 1.67 bits per heavy atom. The highest BCUT2D eigenvalue weighted by Crippen LogP contribution is 2.22. The number of aliphatic hydroxyl groups is 1. The fourth-order valence-corrected chi connectivity index (χ4v) is 1.36. The van der Waals surface area contributed by atoms with Crippen molar-refractivity contribution in [1.29, 1.82) is 0 Å². The number of rotatable bonds is 2. The fraction of sp³-hybridized carbons (Fsp3) is 0.167. The highest BCUT2D eigenvalue weighted by molar-refractivity contribution is 5.32. The van der Waals surface area contributed by atoms with E-state index in [1.54, 1.807) is 36.4 Å². The smallest absolute Gasteiger partial charge is 0.127 e. The minimum atomic E-state index is 0.220. The molecule has 0 bridgehead atoms. The van der Waals surface area contributed by atoms with Gasteiger partial charge in [0.15, 0.2) is 0 Å². The Labute approximate surface area is 87.9 Å². The highest BCUT2D eigenvalue weighted by atomic mass is 16.5. The summed E-state index contributed by atoms with van der Waals surface area (Å²) in [6.45, 7) is 0. The van der Waals surface area contributed by atoms with Crippen molar-refractivity contribution in [3.63, 3.8) is 0 Å². The molecule has 1 aliphatic carbocycles. The molecule has 1 aromatic rings. The van der Waals surface area contributed by atoms with Gasteiger partial charge in [0.05, 0.1) is 5.76 Å². The first-order chi connectivity index (χ1) is 7.24. The van der Waals surface area contributed by atoms with Crippen LogP contribution in [0, 0.1) is 0 Å². The Kier molecular flexibility index (Phi) is 2.63. The zero-order chi connectivity index (χ0) is 10.7. The minimum absolute atomic E-state index is 0.220. The molecule has 0 radical (unpaired) electrons. The second-order valence-corrected chi connectivity index (χ2v) is 3.39. The van der Waals surface area contributed by atoms with Crippen LogP contribution in [0.1, 0.15) is 12.8 Å². The third-order valence-corrected chi connectivity index (χ3v) is 2.17. The number of benzene rings is 1. The van der Waals surface area contributed by atoms with Crippen molar-refractivity contribution in [2.45, 2.75) is 12.8 Å². The molecule has 0 heterocycles. The first kappa shape index (κ1) is 9.65. The molecule has 0 unspecified atom stereocenters. The average Bonchev–Trinajstić information content (AvgIpc) is 2.25. The molecule has 1 aromatic carbocycles. The lowest BCUT2D eigenvalue weighted by Gasteiger charge is -2.12. The van der Waals surface area contributed by atoms with E-state index < -0.39 is 0 Å². The highest BCUT2D eigenvalue weighted by Gasteiger charge is 2.06. The number of aromatic hydroxyl groups is 1. The Bertz CT molecular complexity index is 401. The van der Waals surface area contributed by atoms with E-state index >= 15 is 0 Å². The van der Waals surface area contributed by atoms with Crippen molar-refractivity contribution in [3.05, 3.63) is 47.9 Å². The van der Waals surface area contributed by atoms with E-state index in [2.05, 4.69) is 0 Å². The molecule has 0 aromatic heterocycles. The van der Waals surface area contributed by atoms with Gasteiger partial charge in [-0.1, -0.05) is 0 Å². The molecule has 1 aliphatic rings. The number of ether oxygens (including phenoxy) is 1. The minimum Gasteiger partial charge on any atom is -0.512 e. The molecule has 2 N–H and O–H groups in total. The fourth-order valence-electron chi connectivity index (χ4n) is 1.36. The monoisotopic (exact) mass is 204 g/mol. The molecule has 3 heteroatoms. The zero-order valence-electron chi connectivity index (χ0n) is 8.18. The van der Waals surface area contributed by atoms with E-state index in [4.69, 9.17) is 14.9 Å². The van der Waals surface area contributed by atoms with Gasteiger partial charge in [0.2, 0.25) is 0 Å². The van der Waals surface area contributed by atoms with Crippen molar-refractivity contribution in [3.8, 4) is 11.5 Å². The van der Waals surface area contributed by atoms with Gasteiger partial charge < -0.3 is 14.9 Å². The Morgan fingerprint density at radius 1 is 0.933 bits per heavy atom. The van der Waals surface area contributed by atoms with Gasteiger partial charge in [0.1, 0.15) is 17.3 Å². The van der Waals surface area contributed by atoms with Gasteiger partial charge in [0, 0.05) is 12.8 Å². The Balaban J connectivity index is 2.06. The lowest BCUT2D eigenvalue weighted by Crippen LogP contribution is -1.99. The van der Waals surface area contributed by atoms with Crippen molar-refractivity contribution in [2.24, 2.45) is 0 Å². The van der Waals surface area contributed by atoms with Crippen LogP contribution in [-0.2, 0) is 0 Å². The quantitative estimate of drug-likeness (QED) is 0.778. The van der Waals surface area contributed by atoms with Crippen molar-refractivity contribution >= 4 is 0 Å². The molecule has 0 atom stereocenters. The molecule has 2 rings (SSSR count). The number of phenols is 1. The summed E-state index contributed by atoms with van der Waals surface area (Å²) in [7, 11) is 0. The third-order valence-electron chi connectivity index (χ3n) is 2.17. The predicted octanol–water partition coefficient (Wildman–Crippen LogP) is 2.89. The van der Waals surface area contributed by atoms with Crippen LogP contribution in [0.2, 0.25) is 0 Å². The van der Waals surface area contributed by atoms with Crippen LogP contribution in [0.3, 0.4) is 0 Å². The molecule has 0 amide bonds. The summed E-state index contributed by atoms with van der Waals surface area (Å²) in [6, 6.07) is 6.56. The first-order valence-corrected chi connectivity index (χ1v) is 4.79. The maximum atomic E-state index is 9.16. The van der Waals surface area contributed by atoms with Gasteiger partial charge in [-0.05, 0) is 36.4 Å². The molecule has 0 saturated heterocycles. The van der Waals surface area contributed by atoms with Crippen LogP contribution in [0.5, 0.6) is 11.5 Å². The Hall–Kier alpha value is -1.90. The third kappa shape index (κ3) is 2.53. The van der Waals surface area contributed by atoms with E-state index in [0.29, 0.717) is 24.4 Å². The SMILES string of the molecule is OC1=CC=C(Oc2ccc(O)cc2)CC1. The predicted molar refractivity (Wildman–Crippen MR) is 56.8 cm³/mol. The number of hydrogen-bond acceptors (Lipinski definition) is 3. The molecule has 78 valence electrons. The van der Waals surface area contributed by atoms with Gasteiger partial charge in [0.25, 0.3) is 0 Å². The summed E-state index contributed by atoms with van der Waals surface area (Å²) in [5, 5.41) is 18.2. The zero-order valence-corrected chi connectivity index (χ0v) is 8.18. The summed E-state index contributed by atoms with van der Waals surface area (Å²) in [5.74, 6) is 2.11. The number of hydrogen-bond donors (Lipinski definition) is 2. The van der Waals surface area contributed by atoms with Crippen LogP contribution in [0.4, 0.5) is 0 Å². The maximum absolute atomic E-state index is 9.16. The van der Waals surface area contributed by atoms with E-state index in [-0.39, 0.29) is 5.75 Å². The Morgan fingerprint density at radius 3 is 2.27 bits per heavy atom. The summed E-state index contributed by atoms with van der Waals surface area (Å²) in [6.07, 6.45) is 4.71. The van der Waals surface area contributed by atoms with Crippen molar-refractivity contribution in [2.75, 3.05) is 0 Å². The van der Waals surface area contributed by atoms with Crippen molar-refractivity contribution < 1.29 is 14.9 Å². The largest absolute Gasteiger partial charge is 0.512 e. The second kappa shape index (κ2) is 4.09. The summed E-state index contributed by atoms with van der Waals surface area (Å²) in [5.41, 5.74) is 0. The van der Waals surface area contributed by atoms with Crippen LogP contribution in [-0.4, -0.2) is 10.2 Å². The lowest BCUT2D eigenvalue weighted by molar-refractivity contribution is 0.351. The van der Waals surface area contributed by atoms with Crippen molar-refractivity contribution in [1.82, 2.24) is 0 Å². The number of allylic oxidation sites excluding steroid dienone is 4. The van der Waals surface area contributed by atoms with E-state index in [9.17, 15) is 0 Å². The summed E-state index contributed by atoms with van der Waals surface area (Å²) < 4.78 is 5.55. The van der Waals surface area contributed by atoms with Crippen LogP contribution < -0.4 is 4.74 Å². The second-order valence-electron chi connectivity index (χ2n) is 3.39. The lowest BCUT2D eigenvalue weighted by atomic mass is 10.1. The molecule has 0 spiro atoms. The standard InChI is InChI=1S/C12H12O3/c13-9-1-5-11(6-2-9)15-12-7-3-10(14)4-8-12/h1-3,5-7,13-14H,4,8H2. The normalized spacial score (nSPS) is 15.5. The van der Waals surface area contributed by atoms with E-state index in [1.165, 1.54) is 0 Å². The summed E-state index contributed by atoms with van der Waals surface area (Å²) in [4.78, 5) is 0.